The molecule has 0 amide bonds. The second-order valence-electron chi connectivity index (χ2n) is 7.36. The van der Waals surface area contributed by atoms with Gasteiger partial charge in [-0.2, -0.15) is 0 Å². The summed E-state index contributed by atoms with van der Waals surface area (Å²) < 4.78 is 18.3. The molecule has 0 aromatic carbocycles. The Hall–Kier alpha value is -0.650. The fourth-order valence-electron chi connectivity index (χ4n) is 3.88. The Balaban J connectivity index is 2.63. The van der Waals surface area contributed by atoms with Crippen LogP contribution in [0.5, 0.6) is 0 Å². The maximum Gasteiger partial charge on any atom is 0.285 e. The molecule has 0 saturated heterocycles. The van der Waals surface area contributed by atoms with Crippen LogP contribution in [0.3, 0.4) is 0 Å². The van der Waals surface area contributed by atoms with Gasteiger partial charge in [0.05, 0.1) is 12.9 Å². The topological polar surface area (TPSA) is 43.3 Å². The molecular weight excluding hydrogens is 340 g/mol. The van der Waals surface area contributed by atoms with E-state index in [1.54, 1.807) is 0 Å². The molecule has 5 heteroatoms. The summed E-state index contributed by atoms with van der Waals surface area (Å²) in [4.78, 5) is 6.62. The molecule has 1 atom stereocenters. The van der Waals surface area contributed by atoms with Crippen molar-refractivity contribution in [2.75, 3.05) is 39.5 Å². The number of hydrogen-bond acceptors (Lipinski definition) is 5. The minimum absolute atomic E-state index is 0.267. The van der Waals surface area contributed by atoms with E-state index in [2.05, 4.69) is 16.8 Å². The number of aliphatic imine (C=N–C) groups is 1. The first kappa shape index (κ1) is 24.4. The van der Waals surface area contributed by atoms with Crippen LogP contribution >= 0.6 is 0 Å². The van der Waals surface area contributed by atoms with E-state index in [0.717, 1.165) is 38.9 Å². The molecule has 0 aliphatic carbocycles. The predicted molar refractivity (Wildman–Crippen MR) is 113 cm³/mol. The summed E-state index contributed by atoms with van der Waals surface area (Å²) >= 11 is 0. The average molecular weight is 385 g/mol. The van der Waals surface area contributed by atoms with Crippen molar-refractivity contribution in [2.24, 2.45) is 10.9 Å². The fraction of sp³-hybridized carbons (Fsp3) is 0.955. The average Bonchev–Trinajstić information content (AvgIpc) is 3.17. The van der Waals surface area contributed by atoms with Crippen molar-refractivity contribution in [2.45, 2.75) is 91.5 Å². The molecule has 1 aliphatic rings. The molecule has 0 bridgehead atoms. The van der Waals surface area contributed by atoms with Crippen LogP contribution in [0.15, 0.2) is 4.99 Å². The Kier molecular flexibility index (Phi) is 13.8. The summed E-state index contributed by atoms with van der Waals surface area (Å²) in [6.45, 7) is 13.2. The van der Waals surface area contributed by atoms with Gasteiger partial charge in [-0.15, -0.1) is 0 Å². The molecule has 0 saturated carbocycles. The quantitative estimate of drug-likeness (QED) is 0.239. The third-order valence-electron chi connectivity index (χ3n) is 5.20. The molecular formula is C22H44N2O3. The highest BCUT2D eigenvalue weighted by Crippen LogP contribution is 2.34. The van der Waals surface area contributed by atoms with Crippen molar-refractivity contribution in [3.63, 3.8) is 0 Å². The first-order chi connectivity index (χ1) is 13.2. The maximum absolute atomic E-state index is 6.11. The van der Waals surface area contributed by atoms with Crippen LogP contribution in [0.25, 0.3) is 0 Å². The predicted octanol–water partition coefficient (Wildman–Crippen LogP) is 5.24. The largest absolute Gasteiger partial charge is 0.361 e. The summed E-state index contributed by atoms with van der Waals surface area (Å²) in [6, 6.07) is 0. The van der Waals surface area contributed by atoms with Gasteiger partial charge < -0.3 is 19.1 Å². The normalized spacial score (nSPS) is 15.6. The van der Waals surface area contributed by atoms with Gasteiger partial charge in [0, 0.05) is 38.8 Å². The SMILES string of the molecule is CCCCCCCCC(CCCN1C=NCC1)C(OCC)(OCC)OCC. The van der Waals surface area contributed by atoms with Crippen LogP contribution in [0, 0.1) is 5.92 Å². The standard InChI is InChI=1S/C22H44N2O3/c1-5-9-10-11-12-13-15-21(16-14-18-24-19-17-23-20-24)22(25-6-2,26-7-3)27-8-4/h20-21H,5-19H2,1-4H3. The Bertz CT molecular complexity index is 360. The molecule has 0 fully saturated rings. The maximum atomic E-state index is 6.11. The molecule has 27 heavy (non-hydrogen) atoms. The van der Waals surface area contributed by atoms with Crippen molar-refractivity contribution < 1.29 is 14.2 Å². The summed E-state index contributed by atoms with van der Waals surface area (Å²) in [5.41, 5.74) is 0. The molecule has 5 nitrogen and oxygen atoms in total. The number of unbranched alkanes of at least 4 members (excludes halogenated alkanes) is 5. The number of hydrogen-bond donors (Lipinski definition) is 0. The molecule has 0 spiro atoms. The Morgan fingerprint density at radius 1 is 0.852 bits per heavy atom. The van der Waals surface area contributed by atoms with E-state index < -0.39 is 5.97 Å². The van der Waals surface area contributed by atoms with Crippen molar-refractivity contribution >= 4 is 6.34 Å². The zero-order chi connectivity index (χ0) is 19.8. The van der Waals surface area contributed by atoms with Crippen LogP contribution in [-0.4, -0.2) is 56.7 Å². The van der Waals surface area contributed by atoms with Gasteiger partial charge in [0.2, 0.25) is 0 Å². The van der Waals surface area contributed by atoms with E-state index in [-0.39, 0.29) is 5.92 Å². The molecule has 1 rings (SSSR count). The summed E-state index contributed by atoms with van der Waals surface area (Å²) in [7, 11) is 0. The van der Waals surface area contributed by atoms with Gasteiger partial charge in [-0.1, -0.05) is 45.4 Å². The second-order valence-corrected chi connectivity index (χ2v) is 7.36. The van der Waals surface area contributed by atoms with Crippen LogP contribution in [0.4, 0.5) is 0 Å². The fourth-order valence-corrected chi connectivity index (χ4v) is 3.88. The highest BCUT2D eigenvalue weighted by atomic mass is 16.9. The Morgan fingerprint density at radius 3 is 2.00 bits per heavy atom. The Labute approximate surface area is 167 Å². The van der Waals surface area contributed by atoms with Crippen molar-refractivity contribution in [3.05, 3.63) is 0 Å². The molecule has 0 aromatic rings. The van der Waals surface area contributed by atoms with Crippen molar-refractivity contribution in [3.8, 4) is 0 Å². The molecule has 160 valence electrons. The van der Waals surface area contributed by atoms with Gasteiger partial charge in [0.25, 0.3) is 5.97 Å². The van der Waals surface area contributed by atoms with Gasteiger partial charge in [-0.3, -0.25) is 4.99 Å². The summed E-state index contributed by atoms with van der Waals surface area (Å²) in [5, 5.41) is 0. The van der Waals surface area contributed by atoms with E-state index in [9.17, 15) is 0 Å². The molecule has 0 N–H and O–H groups in total. The zero-order valence-electron chi connectivity index (χ0n) is 18.4. The van der Waals surface area contributed by atoms with E-state index in [4.69, 9.17) is 14.2 Å². The van der Waals surface area contributed by atoms with Gasteiger partial charge >= 0.3 is 0 Å². The smallest absolute Gasteiger partial charge is 0.285 e. The third kappa shape index (κ3) is 9.40. The van der Waals surface area contributed by atoms with Crippen LogP contribution in [-0.2, 0) is 14.2 Å². The highest BCUT2D eigenvalue weighted by Gasteiger charge is 2.41. The first-order valence-corrected chi connectivity index (χ1v) is 11.4. The highest BCUT2D eigenvalue weighted by molar-refractivity contribution is 5.56. The minimum atomic E-state index is -0.888. The lowest BCUT2D eigenvalue weighted by molar-refractivity contribution is -0.403. The van der Waals surface area contributed by atoms with Crippen LogP contribution in [0.2, 0.25) is 0 Å². The minimum Gasteiger partial charge on any atom is -0.361 e. The lowest BCUT2D eigenvalue weighted by Gasteiger charge is -2.39. The van der Waals surface area contributed by atoms with Crippen LogP contribution in [0.1, 0.15) is 85.5 Å². The molecule has 1 aliphatic heterocycles. The third-order valence-corrected chi connectivity index (χ3v) is 5.20. The van der Waals surface area contributed by atoms with Gasteiger partial charge in [0.15, 0.2) is 0 Å². The van der Waals surface area contributed by atoms with Gasteiger partial charge in [-0.25, -0.2) is 0 Å². The van der Waals surface area contributed by atoms with Crippen molar-refractivity contribution in [1.29, 1.82) is 0 Å². The first-order valence-electron chi connectivity index (χ1n) is 11.4. The molecule has 0 radical (unpaired) electrons. The van der Waals surface area contributed by atoms with E-state index in [0.29, 0.717) is 19.8 Å². The van der Waals surface area contributed by atoms with E-state index in [1.165, 1.54) is 38.5 Å². The van der Waals surface area contributed by atoms with E-state index in [1.807, 2.05) is 27.1 Å². The molecule has 1 heterocycles. The molecule has 1 unspecified atom stereocenters. The lowest BCUT2D eigenvalue weighted by atomic mass is 9.92. The van der Waals surface area contributed by atoms with E-state index >= 15 is 0 Å². The number of nitrogens with zero attached hydrogens (tertiary/aromatic N) is 2. The Morgan fingerprint density at radius 2 is 1.44 bits per heavy atom. The monoisotopic (exact) mass is 384 g/mol. The van der Waals surface area contributed by atoms with Gasteiger partial charge in [-0.05, 0) is 40.0 Å². The zero-order valence-corrected chi connectivity index (χ0v) is 18.4. The van der Waals surface area contributed by atoms with Gasteiger partial charge in [0.1, 0.15) is 0 Å². The van der Waals surface area contributed by atoms with Crippen molar-refractivity contribution in [1.82, 2.24) is 4.90 Å². The number of rotatable bonds is 18. The summed E-state index contributed by atoms with van der Waals surface area (Å²) in [5.74, 6) is -0.621. The lowest BCUT2D eigenvalue weighted by Crippen LogP contribution is -2.47. The summed E-state index contributed by atoms with van der Waals surface area (Å²) in [6.07, 6.45) is 13.1. The molecule has 0 aromatic heterocycles. The second kappa shape index (κ2) is 15.3. The van der Waals surface area contributed by atoms with Crippen LogP contribution < -0.4 is 0 Å². The number of ether oxygens (including phenoxy) is 3.